The SMILES string of the molecule is CC(C)(C)c1ccc2c(c1)C1(c3cc(C(C)(C)C)ccc3-2)c2ccccc2-c2cccc(-c3ccc(N(c4ccc(-c5cccc6ccccc56)cc4)c4cccc5ccccc45)cc3)c21. The second-order valence-corrected chi connectivity index (χ2v) is 20.5. The van der Waals surface area contributed by atoms with Crippen LogP contribution in [0.25, 0.3) is 66.1 Å². The van der Waals surface area contributed by atoms with Crippen LogP contribution in [0.5, 0.6) is 0 Å². The third-order valence-corrected chi connectivity index (χ3v) is 14.6. The first-order valence-electron chi connectivity index (χ1n) is 23.5. The molecular formula is C65H53N. The first-order valence-corrected chi connectivity index (χ1v) is 23.5. The molecule has 12 rings (SSSR count). The molecule has 318 valence electrons. The Morgan fingerprint density at radius 2 is 0.773 bits per heavy atom. The number of rotatable bonds is 5. The first-order chi connectivity index (χ1) is 32.0. The van der Waals surface area contributed by atoms with Gasteiger partial charge in [-0.3, -0.25) is 0 Å². The summed E-state index contributed by atoms with van der Waals surface area (Å²) >= 11 is 0. The van der Waals surface area contributed by atoms with Gasteiger partial charge < -0.3 is 4.90 Å². The van der Waals surface area contributed by atoms with Gasteiger partial charge in [0, 0.05) is 16.8 Å². The summed E-state index contributed by atoms with van der Waals surface area (Å²) in [5.74, 6) is 0. The lowest BCUT2D eigenvalue weighted by Gasteiger charge is -2.34. The number of fused-ring (bicyclic) bond motifs is 12. The monoisotopic (exact) mass is 847 g/mol. The summed E-state index contributed by atoms with van der Waals surface area (Å²) in [6.07, 6.45) is 0. The quantitative estimate of drug-likeness (QED) is 0.167. The molecule has 10 aromatic carbocycles. The standard InChI is InChI=1S/C65H53N/c1-63(2,3)46-32-38-55-56-39-33-47(64(4,5)6)41-60(56)65(59(55)40-46)58-26-12-11-22-54(58)57-25-15-24-53(62(57)65)45-30-36-49(37-31-45)66(61-27-14-19-43-17-8-10-21-52(43)61)48-34-28-44(29-35-48)51-23-13-18-42-16-7-9-20-50(42)51/h7-41H,1-6H3. The van der Waals surface area contributed by atoms with Crippen molar-refractivity contribution in [1.82, 2.24) is 0 Å². The van der Waals surface area contributed by atoms with E-state index >= 15 is 0 Å². The van der Waals surface area contributed by atoms with E-state index in [-0.39, 0.29) is 10.8 Å². The van der Waals surface area contributed by atoms with Crippen LogP contribution in [0.4, 0.5) is 17.1 Å². The van der Waals surface area contributed by atoms with Crippen LogP contribution in [0.15, 0.2) is 212 Å². The molecule has 0 unspecified atom stereocenters. The number of benzene rings is 10. The van der Waals surface area contributed by atoms with Gasteiger partial charge in [-0.1, -0.05) is 224 Å². The Kier molecular flexibility index (Phi) is 8.97. The summed E-state index contributed by atoms with van der Waals surface area (Å²) < 4.78 is 0. The highest BCUT2D eigenvalue weighted by molar-refractivity contribution is 6.02. The molecule has 0 bridgehead atoms. The summed E-state index contributed by atoms with van der Waals surface area (Å²) in [5.41, 5.74) is 21.3. The topological polar surface area (TPSA) is 3.24 Å². The zero-order chi connectivity index (χ0) is 45.0. The molecule has 1 nitrogen and oxygen atoms in total. The third-order valence-electron chi connectivity index (χ3n) is 14.6. The van der Waals surface area contributed by atoms with Crippen LogP contribution in [0.1, 0.15) is 74.9 Å². The Morgan fingerprint density at radius 3 is 1.39 bits per heavy atom. The summed E-state index contributed by atoms with van der Waals surface area (Å²) in [6, 6.07) is 80.0. The van der Waals surface area contributed by atoms with Gasteiger partial charge in [0.25, 0.3) is 0 Å². The van der Waals surface area contributed by atoms with Crippen molar-refractivity contribution in [2.75, 3.05) is 4.90 Å². The molecule has 0 aromatic heterocycles. The maximum Gasteiger partial charge on any atom is 0.0731 e. The Labute approximate surface area is 389 Å². The van der Waals surface area contributed by atoms with Crippen LogP contribution in [0, 0.1) is 0 Å². The van der Waals surface area contributed by atoms with Crippen molar-refractivity contribution >= 4 is 38.6 Å². The van der Waals surface area contributed by atoms with E-state index in [0.717, 1.165) is 17.1 Å². The second-order valence-electron chi connectivity index (χ2n) is 20.5. The van der Waals surface area contributed by atoms with E-state index < -0.39 is 5.41 Å². The minimum Gasteiger partial charge on any atom is -0.310 e. The largest absolute Gasteiger partial charge is 0.310 e. The summed E-state index contributed by atoms with van der Waals surface area (Å²) in [4.78, 5) is 2.43. The predicted molar refractivity (Wildman–Crippen MR) is 281 cm³/mol. The second kappa shape index (κ2) is 14.8. The molecule has 0 N–H and O–H groups in total. The third kappa shape index (κ3) is 6.06. The molecule has 2 aliphatic rings. The molecule has 1 spiro atoms. The average Bonchev–Trinajstić information content (AvgIpc) is 3.81. The van der Waals surface area contributed by atoms with Crippen LogP contribution in [0.2, 0.25) is 0 Å². The van der Waals surface area contributed by atoms with Crippen molar-refractivity contribution in [3.63, 3.8) is 0 Å². The maximum atomic E-state index is 2.55. The molecule has 0 saturated carbocycles. The van der Waals surface area contributed by atoms with Gasteiger partial charge >= 0.3 is 0 Å². The van der Waals surface area contributed by atoms with E-state index in [4.69, 9.17) is 0 Å². The fourth-order valence-corrected chi connectivity index (χ4v) is 11.3. The zero-order valence-corrected chi connectivity index (χ0v) is 38.7. The predicted octanol–water partition coefficient (Wildman–Crippen LogP) is 17.7. The van der Waals surface area contributed by atoms with Crippen molar-refractivity contribution in [3.8, 4) is 44.5 Å². The Morgan fingerprint density at radius 1 is 0.333 bits per heavy atom. The molecule has 66 heavy (non-hydrogen) atoms. The smallest absolute Gasteiger partial charge is 0.0731 e. The molecule has 10 aromatic rings. The average molecular weight is 848 g/mol. The van der Waals surface area contributed by atoms with Crippen molar-refractivity contribution in [2.45, 2.75) is 57.8 Å². The highest BCUT2D eigenvalue weighted by atomic mass is 15.1. The molecule has 2 aliphatic carbocycles. The van der Waals surface area contributed by atoms with Gasteiger partial charge in [0.1, 0.15) is 0 Å². The molecular weight excluding hydrogens is 795 g/mol. The normalized spacial score (nSPS) is 13.4. The van der Waals surface area contributed by atoms with Crippen molar-refractivity contribution in [1.29, 1.82) is 0 Å². The first kappa shape index (κ1) is 40.1. The maximum absolute atomic E-state index is 2.55. The van der Waals surface area contributed by atoms with E-state index in [1.54, 1.807) is 0 Å². The molecule has 0 saturated heterocycles. The number of nitrogens with zero attached hydrogens (tertiary/aromatic N) is 1. The van der Waals surface area contributed by atoms with Crippen LogP contribution in [0.3, 0.4) is 0 Å². The van der Waals surface area contributed by atoms with E-state index in [2.05, 4.69) is 259 Å². The number of hydrogen-bond donors (Lipinski definition) is 0. The summed E-state index contributed by atoms with van der Waals surface area (Å²) in [7, 11) is 0. The van der Waals surface area contributed by atoms with Gasteiger partial charge in [-0.05, 0) is 135 Å². The van der Waals surface area contributed by atoms with Crippen molar-refractivity contribution in [3.05, 3.63) is 246 Å². The Bertz CT molecular complexity index is 3460. The van der Waals surface area contributed by atoms with Crippen LogP contribution >= 0.6 is 0 Å². The highest BCUT2D eigenvalue weighted by Gasteiger charge is 2.53. The minimum atomic E-state index is -0.491. The minimum absolute atomic E-state index is 0.00986. The Balaban J connectivity index is 1.05. The molecule has 0 radical (unpaired) electrons. The van der Waals surface area contributed by atoms with Gasteiger partial charge in [-0.15, -0.1) is 0 Å². The lowest BCUT2D eigenvalue weighted by Crippen LogP contribution is -2.28. The van der Waals surface area contributed by atoms with E-state index in [9.17, 15) is 0 Å². The van der Waals surface area contributed by atoms with Crippen LogP contribution in [-0.4, -0.2) is 0 Å². The van der Waals surface area contributed by atoms with Crippen LogP contribution < -0.4 is 4.90 Å². The zero-order valence-electron chi connectivity index (χ0n) is 38.7. The fourth-order valence-electron chi connectivity index (χ4n) is 11.3. The van der Waals surface area contributed by atoms with E-state index in [1.165, 1.54) is 99.4 Å². The Hall–Kier alpha value is -7.48. The van der Waals surface area contributed by atoms with Gasteiger partial charge in [-0.2, -0.15) is 0 Å². The van der Waals surface area contributed by atoms with Gasteiger partial charge in [0.15, 0.2) is 0 Å². The lowest BCUT2D eigenvalue weighted by molar-refractivity contribution is 0.586. The summed E-state index contributed by atoms with van der Waals surface area (Å²) in [5, 5.41) is 4.95. The molecule has 0 fully saturated rings. The van der Waals surface area contributed by atoms with E-state index in [1.807, 2.05) is 0 Å². The van der Waals surface area contributed by atoms with Crippen molar-refractivity contribution in [2.24, 2.45) is 0 Å². The summed E-state index contributed by atoms with van der Waals surface area (Å²) in [6.45, 7) is 14.0. The van der Waals surface area contributed by atoms with Crippen LogP contribution in [-0.2, 0) is 16.2 Å². The van der Waals surface area contributed by atoms with E-state index in [0.29, 0.717) is 0 Å². The fraction of sp³-hybridized carbons (Fsp3) is 0.138. The molecule has 0 atom stereocenters. The van der Waals surface area contributed by atoms with Gasteiger partial charge in [-0.25, -0.2) is 0 Å². The molecule has 0 heterocycles. The van der Waals surface area contributed by atoms with Gasteiger partial charge in [0.05, 0.1) is 11.1 Å². The van der Waals surface area contributed by atoms with Gasteiger partial charge in [0.2, 0.25) is 0 Å². The highest BCUT2D eigenvalue weighted by Crippen LogP contribution is 2.65. The molecule has 0 aliphatic heterocycles. The molecule has 1 heteroatoms. The molecule has 0 amide bonds. The number of anilines is 3. The lowest BCUT2D eigenvalue weighted by atomic mass is 9.67. The van der Waals surface area contributed by atoms with Crippen molar-refractivity contribution < 1.29 is 0 Å². The number of hydrogen-bond acceptors (Lipinski definition) is 1.